The summed E-state index contributed by atoms with van der Waals surface area (Å²) in [6.45, 7) is 3.97. The number of carboxylic acid groups (broad SMARTS) is 1. The van der Waals surface area contributed by atoms with Crippen molar-refractivity contribution in [2.75, 3.05) is 0 Å². The van der Waals surface area contributed by atoms with Gasteiger partial charge in [-0.3, -0.25) is 4.79 Å². The predicted molar refractivity (Wildman–Crippen MR) is 50.6 cm³/mol. The third-order valence-electron chi connectivity index (χ3n) is 1.22. The van der Waals surface area contributed by atoms with Gasteiger partial charge in [-0.05, 0) is 12.3 Å². The first kappa shape index (κ1) is 11.4. The number of hydrogen-bond acceptors (Lipinski definition) is 2. The Kier molecular flexibility index (Phi) is 5.29. The van der Waals surface area contributed by atoms with E-state index in [4.69, 9.17) is 5.11 Å². The lowest BCUT2D eigenvalue weighted by Gasteiger charge is -2.17. The molecule has 0 aromatic carbocycles. The molecule has 5 heteroatoms. The first-order chi connectivity index (χ1) is 4.95. The summed E-state index contributed by atoms with van der Waals surface area (Å²) < 4.78 is 1.36. The topological polar surface area (TPSA) is 40.5 Å². The molecule has 0 fully saturated rings. The molecule has 0 aliphatic heterocycles. The average Bonchev–Trinajstić information content (AvgIpc) is 1.81. The number of halogens is 2. The maximum atomic E-state index is 10.6. The molecule has 3 nitrogen and oxygen atoms in total. The minimum atomic E-state index is -0.826. The average molecular weight is 289 g/mol. The van der Waals surface area contributed by atoms with E-state index in [2.05, 4.69) is 32.3 Å². The van der Waals surface area contributed by atoms with Crippen LogP contribution in [0.25, 0.3) is 0 Å². The molecule has 0 aromatic heterocycles. The second kappa shape index (κ2) is 5.11. The van der Waals surface area contributed by atoms with Gasteiger partial charge in [-0.15, -0.1) is 0 Å². The molecule has 1 atom stereocenters. The molecule has 0 radical (unpaired) electrons. The first-order valence-corrected chi connectivity index (χ1v) is 4.70. The van der Waals surface area contributed by atoms with Crippen LogP contribution in [0.1, 0.15) is 20.3 Å². The van der Waals surface area contributed by atoms with E-state index in [0.717, 1.165) is 0 Å². The van der Waals surface area contributed by atoms with E-state index >= 15 is 0 Å². The van der Waals surface area contributed by atoms with Gasteiger partial charge in [0.2, 0.25) is 0 Å². The van der Waals surface area contributed by atoms with Crippen molar-refractivity contribution in [1.82, 2.24) is 2.95 Å². The molecule has 0 bridgehead atoms. The van der Waals surface area contributed by atoms with Crippen LogP contribution >= 0.6 is 32.3 Å². The Labute approximate surface area is 83.4 Å². The van der Waals surface area contributed by atoms with Gasteiger partial charge in [0.05, 0.1) is 0 Å². The van der Waals surface area contributed by atoms with E-state index < -0.39 is 12.0 Å². The lowest BCUT2D eigenvalue weighted by Crippen LogP contribution is -2.29. The number of carbonyl (C=O) groups is 1. The maximum absolute atomic E-state index is 10.6. The van der Waals surface area contributed by atoms with Crippen LogP contribution < -0.4 is 0 Å². The standard InChI is InChI=1S/C6H11Br2NO2/c1-4(2)3-5(6(10)11)9(7)8/h4-5H,3H2,1-2H3,(H,10,11)/t5-/m0/s1. The lowest BCUT2D eigenvalue weighted by molar-refractivity contribution is -0.140. The van der Waals surface area contributed by atoms with Crippen molar-refractivity contribution in [3.63, 3.8) is 0 Å². The quantitative estimate of drug-likeness (QED) is 0.808. The van der Waals surface area contributed by atoms with Crippen molar-refractivity contribution in [2.45, 2.75) is 26.3 Å². The van der Waals surface area contributed by atoms with Crippen molar-refractivity contribution < 1.29 is 9.90 Å². The molecule has 11 heavy (non-hydrogen) atoms. The molecule has 0 spiro atoms. The second-order valence-electron chi connectivity index (χ2n) is 2.74. The molecule has 66 valence electrons. The van der Waals surface area contributed by atoms with Gasteiger partial charge in [0.15, 0.2) is 0 Å². The summed E-state index contributed by atoms with van der Waals surface area (Å²) in [5.41, 5.74) is 0. The van der Waals surface area contributed by atoms with Crippen LogP contribution in [0, 0.1) is 5.92 Å². The zero-order chi connectivity index (χ0) is 9.02. The van der Waals surface area contributed by atoms with Crippen molar-refractivity contribution in [2.24, 2.45) is 5.92 Å². The highest BCUT2D eigenvalue weighted by molar-refractivity contribution is 9.21. The minimum Gasteiger partial charge on any atom is -0.480 e. The largest absolute Gasteiger partial charge is 0.480 e. The lowest BCUT2D eigenvalue weighted by atomic mass is 10.1. The van der Waals surface area contributed by atoms with Crippen molar-refractivity contribution in [3.05, 3.63) is 0 Å². The van der Waals surface area contributed by atoms with Crippen LogP contribution in [0.2, 0.25) is 0 Å². The van der Waals surface area contributed by atoms with Gasteiger partial charge in [0.25, 0.3) is 0 Å². The second-order valence-corrected chi connectivity index (χ2v) is 5.22. The summed E-state index contributed by atoms with van der Waals surface area (Å²) in [7, 11) is 0. The van der Waals surface area contributed by atoms with Crippen molar-refractivity contribution >= 4 is 38.3 Å². The SMILES string of the molecule is CC(C)C[C@@H](C(=O)O)N(Br)Br. The summed E-state index contributed by atoms with van der Waals surface area (Å²) in [5, 5.41) is 8.69. The van der Waals surface area contributed by atoms with Crippen molar-refractivity contribution in [3.8, 4) is 0 Å². The number of aliphatic carboxylic acids is 1. The molecule has 0 unspecified atom stereocenters. The molecule has 0 heterocycles. The third kappa shape index (κ3) is 4.76. The Bertz CT molecular complexity index is 139. The van der Waals surface area contributed by atoms with Crippen LogP contribution in [-0.2, 0) is 4.79 Å². The van der Waals surface area contributed by atoms with E-state index in [9.17, 15) is 4.79 Å². The van der Waals surface area contributed by atoms with E-state index in [-0.39, 0.29) is 0 Å². The van der Waals surface area contributed by atoms with Gasteiger partial charge in [-0.2, -0.15) is 2.95 Å². The number of carboxylic acids is 1. The Hall–Kier alpha value is 0.390. The van der Waals surface area contributed by atoms with Crippen LogP contribution in [0.4, 0.5) is 0 Å². The highest BCUT2D eigenvalue weighted by Crippen LogP contribution is 2.18. The zero-order valence-electron chi connectivity index (χ0n) is 6.42. The van der Waals surface area contributed by atoms with Crippen LogP contribution in [0.3, 0.4) is 0 Å². The van der Waals surface area contributed by atoms with Gasteiger partial charge in [0.1, 0.15) is 6.04 Å². The Morgan fingerprint density at radius 2 is 2.00 bits per heavy atom. The van der Waals surface area contributed by atoms with E-state index in [1.807, 2.05) is 13.8 Å². The number of rotatable bonds is 4. The Morgan fingerprint density at radius 1 is 1.55 bits per heavy atom. The highest BCUT2D eigenvalue weighted by Gasteiger charge is 2.23. The van der Waals surface area contributed by atoms with Crippen molar-refractivity contribution in [1.29, 1.82) is 0 Å². The van der Waals surface area contributed by atoms with Crippen LogP contribution in [0.5, 0.6) is 0 Å². The first-order valence-electron chi connectivity index (χ1n) is 3.28. The normalized spacial score (nSPS) is 14.0. The van der Waals surface area contributed by atoms with Crippen LogP contribution in [0.15, 0.2) is 0 Å². The number of hydrogen-bond donors (Lipinski definition) is 1. The summed E-state index contributed by atoms with van der Waals surface area (Å²) in [6.07, 6.45) is 0.617. The smallest absolute Gasteiger partial charge is 0.322 e. The molecule has 0 saturated carbocycles. The van der Waals surface area contributed by atoms with Gasteiger partial charge >= 0.3 is 5.97 Å². The number of nitrogens with zero attached hydrogens (tertiary/aromatic N) is 1. The summed E-state index contributed by atoms with van der Waals surface area (Å²) in [6, 6.07) is -0.505. The fourth-order valence-electron chi connectivity index (χ4n) is 0.711. The molecule has 0 saturated heterocycles. The van der Waals surface area contributed by atoms with Gasteiger partial charge < -0.3 is 5.11 Å². The molecule has 0 amide bonds. The molecule has 0 rings (SSSR count). The fourth-order valence-corrected chi connectivity index (χ4v) is 1.40. The Balaban J connectivity index is 4.01. The summed E-state index contributed by atoms with van der Waals surface area (Å²) in [5.74, 6) is -0.457. The fraction of sp³-hybridized carbons (Fsp3) is 0.833. The summed E-state index contributed by atoms with van der Waals surface area (Å²) in [4.78, 5) is 10.6. The Morgan fingerprint density at radius 3 is 2.09 bits per heavy atom. The van der Waals surface area contributed by atoms with Crippen LogP contribution in [-0.4, -0.2) is 20.1 Å². The molecule has 0 aliphatic rings. The van der Waals surface area contributed by atoms with E-state index in [0.29, 0.717) is 12.3 Å². The molecular weight excluding hydrogens is 278 g/mol. The minimum absolute atomic E-state index is 0.369. The monoisotopic (exact) mass is 287 g/mol. The molecule has 1 N–H and O–H groups in total. The van der Waals surface area contributed by atoms with Gasteiger partial charge in [-0.1, -0.05) is 13.8 Å². The summed E-state index contributed by atoms with van der Waals surface area (Å²) >= 11 is 6.08. The molecular formula is C6H11Br2NO2. The molecule has 0 aliphatic carbocycles. The maximum Gasteiger partial charge on any atom is 0.322 e. The van der Waals surface area contributed by atoms with E-state index in [1.165, 1.54) is 2.95 Å². The predicted octanol–water partition coefficient (Wildman–Crippen LogP) is 2.41. The third-order valence-corrected chi connectivity index (χ3v) is 2.20. The zero-order valence-corrected chi connectivity index (χ0v) is 9.59. The van der Waals surface area contributed by atoms with E-state index in [1.54, 1.807) is 0 Å². The molecule has 0 aromatic rings. The van der Waals surface area contributed by atoms with Gasteiger partial charge in [0, 0.05) is 32.3 Å². The van der Waals surface area contributed by atoms with Gasteiger partial charge in [-0.25, -0.2) is 0 Å². The highest BCUT2D eigenvalue weighted by atomic mass is 79.9.